The molecule has 0 atom stereocenters. The predicted molar refractivity (Wildman–Crippen MR) is 72.5 cm³/mol. The summed E-state index contributed by atoms with van der Waals surface area (Å²) in [6.45, 7) is 5.92. The van der Waals surface area contributed by atoms with Gasteiger partial charge in [0.15, 0.2) is 0 Å². The van der Waals surface area contributed by atoms with E-state index in [0.29, 0.717) is 0 Å². The molecule has 2 aromatic rings. The lowest BCUT2D eigenvalue weighted by Gasteiger charge is -2.23. The van der Waals surface area contributed by atoms with Crippen LogP contribution in [-0.4, -0.2) is 11.7 Å². The number of furan rings is 1. The molecule has 96 valence electrons. The van der Waals surface area contributed by atoms with Crippen LogP contribution in [0.2, 0.25) is 0 Å². The summed E-state index contributed by atoms with van der Waals surface area (Å²) < 4.78 is 5.38. The van der Waals surface area contributed by atoms with Crippen molar-refractivity contribution in [2.24, 2.45) is 0 Å². The maximum atomic E-state index is 9.18. The summed E-state index contributed by atoms with van der Waals surface area (Å²) in [6, 6.07) is 10.0. The number of aliphatic hydroxyl groups is 1. The Morgan fingerprint density at radius 3 is 2.67 bits per heavy atom. The Morgan fingerprint density at radius 1 is 1.28 bits per heavy atom. The van der Waals surface area contributed by atoms with E-state index in [2.05, 4.69) is 17.9 Å². The van der Waals surface area contributed by atoms with Gasteiger partial charge in [0.2, 0.25) is 0 Å². The van der Waals surface area contributed by atoms with E-state index in [1.54, 1.807) is 6.26 Å². The van der Waals surface area contributed by atoms with Crippen molar-refractivity contribution in [2.75, 3.05) is 11.4 Å². The number of rotatable bonds is 5. The van der Waals surface area contributed by atoms with Crippen molar-refractivity contribution in [1.29, 1.82) is 0 Å². The molecule has 0 fully saturated rings. The second kappa shape index (κ2) is 5.74. The molecule has 0 saturated heterocycles. The molecule has 1 aromatic carbocycles. The van der Waals surface area contributed by atoms with Crippen LogP contribution in [0, 0.1) is 6.92 Å². The maximum Gasteiger partial charge on any atom is 0.123 e. The van der Waals surface area contributed by atoms with E-state index >= 15 is 0 Å². The molecule has 0 radical (unpaired) electrons. The lowest BCUT2D eigenvalue weighted by Crippen LogP contribution is -2.21. The molecule has 0 saturated carbocycles. The van der Waals surface area contributed by atoms with E-state index < -0.39 is 0 Å². The molecule has 0 aliphatic heterocycles. The van der Waals surface area contributed by atoms with E-state index in [0.717, 1.165) is 35.7 Å². The summed E-state index contributed by atoms with van der Waals surface area (Å²) in [5.74, 6) is 0.959. The summed E-state index contributed by atoms with van der Waals surface area (Å²) in [7, 11) is 0. The summed E-state index contributed by atoms with van der Waals surface area (Å²) in [5, 5.41) is 9.18. The Kier molecular flexibility index (Phi) is 4.05. The Bertz CT molecular complexity index is 491. The average molecular weight is 245 g/mol. The normalized spacial score (nSPS) is 10.6. The van der Waals surface area contributed by atoms with Crippen LogP contribution in [0.3, 0.4) is 0 Å². The third-order valence-corrected chi connectivity index (χ3v) is 3.17. The molecule has 1 N–H and O–H groups in total. The van der Waals surface area contributed by atoms with Crippen molar-refractivity contribution >= 4 is 5.69 Å². The number of aliphatic hydroxyl groups excluding tert-OH is 1. The highest BCUT2D eigenvalue weighted by Crippen LogP contribution is 2.21. The van der Waals surface area contributed by atoms with Gasteiger partial charge in [-0.3, -0.25) is 0 Å². The number of nitrogens with zero attached hydrogens (tertiary/aromatic N) is 1. The maximum absolute atomic E-state index is 9.18. The molecular formula is C15H19NO2. The number of benzene rings is 1. The molecule has 0 spiro atoms. The third-order valence-electron chi connectivity index (χ3n) is 3.17. The van der Waals surface area contributed by atoms with Gasteiger partial charge >= 0.3 is 0 Å². The van der Waals surface area contributed by atoms with E-state index in [-0.39, 0.29) is 6.61 Å². The molecular weight excluding hydrogens is 226 g/mol. The first-order valence-electron chi connectivity index (χ1n) is 6.22. The molecule has 0 amide bonds. The van der Waals surface area contributed by atoms with Crippen LogP contribution >= 0.6 is 0 Å². The zero-order chi connectivity index (χ0) is 13.0. The minimum absolute atomic E-state index is 0.0937. The molecule has 0 bridgehead atoms. The average Bonchev–Trinajstić information content (AvgIpc) is 2.88. The van der Waals surface area contributed by atoms with Gasteiger partial charge in [0.25, 0.3) is 0 Å². The molecule has 0 aliphatic carbocycles. The van der Waals surface area contributed by atoms with Crippen LogP contribution in [0.4, 0.5) is 5.69 Å². The SMILES string of the molecule is CCN(Cc1ccco1)c1ccc(CO)c(C)c1. The first-order chi connectivity index (χ1) is 8.74. The van der Waals surface area contributed by atoms with Gasteiger partial charge in [0.1, 0.15) is 5.76 Å². The van der Waals surface area contributed by atoms with Gasteiger partial charge in [-0.25, -0.2) is 0 Å². The first-order valence-corrected chi connectivity index (χ1v) is 6.22. The van der Waals surface area contributed by atoms with Crippen LogP contribution in [-0.2, 0) is 13.2 Å². The van der Waals surface area contributed by atoms with Crippen LogP contribution in [0.5, 0.6) is 0 Å². The van der Waals surface area contributed by atoms with Crippen molar-refractivity contribution in [3.8, 4) is 0 Å². The minimum atomic E-state index is 0.0937. The lowest BCUT2D eigenvalue weighted by atomic mass is 10.1. The van der Waals surface area contributed by atoms with E-state index in [1.165, 1.54) is 0 Å². The highest BCUT2D eigenvalue weighted by atomic mass is 16.3. The standard InChI is InChI=1S/C15H19NO2/c1-3-16(10-15-5-4-8-18-15)14-7-6-13(11-17)12(2)9-14/h4-9,17H,3,10-11H2,1-2H3. The minimum Gasteiger partial charge on any atom is -0.467 e. The molecule has 2 rings (SSSR count). The van der Waals surface area contributed by atoms with E-state index in [1.807, 2.05) is 31.2 Å². The Balaban J connectivity index is 2.19. The van der Waals surface area contributed by atoms with E-state index in [4.69, 9.17) is 4.42 Å². The van der Waals surface area contributed by atoms with Crippen LogP contribution in [0.25, 0.3) is 0 Å². The second-order valence-electron chi connectivity index (χ2n) is 4.36. The molecule has 1 aromatic heterocycles. The van der Waals surface area contributed by atoms with Gasteiger partial charge in [-0.15, -0.1) is 0 Å². The van der Waals surface area contributed by atoms with Gasteiger partial charge < -0.3 is 14.4 Å². The van der Waals surface area contributed by atoms with Gasteiger partial charge in [-0.2, -0.15) is 0 Å². The van der Waals surface area contributed by atoms with Gasteiger partial charge in [-0.05, 0) is 49.2 Å². The van der Waals surface area contributed by atoms with Crippen molar-refractivity contribution in [1.82, 2.24) is 0 Å². The molecule has 0 unspecified atom stereocenters. The fourth-order valence-electron chi connectivity index (χ4n) is 2.03. The highest BCUT2D eigenvalue weighted by Gasteiger charge is 2.08. The molecule has 3 nitrogen and oxygen atoms in total. The van der Waals surface area contributed by atoms with Crippen molar-refractivity contribution in [3.05, 3.63) is 53.5 Å². The largest absolute Gasteiger partial charge is 0.467 e. The Hall–Kier alpha value is -1.74. The van der Waals surface area contributed by atoms with Crippen LogP contribution in [0.1, 0.15) is 23.8 Å². The van der Waals surface area contributed by atoms with Gasteiger partial charge in [-0.1, -0.05) is 6.07 Å². The van der Waals surface area contributed by atoms with E-state index in [9.17, 15) is 5.11 Å². The summed E-state index contributed by atoms with van der Waals surface area (Å²) in [6.07, 6.45) is 1.70. The van der Waals surface area contributed by atoms with Crippen molar-refractivity contribution in [3.63, 3.8) is 0 Å². The highest BCUT2D eigenvalue weighted by molar-refractivity contribution is 5.50. The number of anilines is 1. The third kappa shape index (κ3) is 2.74. The predicted octanol–water partition coefficient (Wildman–Crippen LogP) is 3.11. The lowest BCUT2D eigenvalue weighted by molar-refractivity contribution is 0.281. The zero-order valence-corrected chi connectivity index (χ0v) is 10.9. The Labute approximate surface area is 108 Å². The summed E-state index contributed by atoms with van der Waals surface area (Å²) in [5.41, 5.74) is 3.25. The fraction of sp³-hybridized carbons (Fsp3) is 0.333. The van der Waals surface area contributed by atoms with Gasteiger partial charge in [0, 0.05) is 12.2 Å². The zero-order valence-electron chi connectivity index (χ0n) is 10.9. The monoisotopic (exact) mass is 245 g/mol. The first kappa shape index (κ1) is 12.7. The molecule has 0 aliphatic rings. The summed E-state index contributed by atoms with van der Waals surface area (Å²) in [4.78, 5) is 2.24. The van der Waals surface area contributed by atoms with Gasteiger partial charge in [0.05, 0.1) is 19.4 Å². The van der Waals surface area contributed by atoms with Crippen LogP contribution < -0.4 is 4.90 Å². The fourth-order valence-corrected chi connectivity index (χ4v) is 2.03. The smallest absolute Gasteiger partial charge is 0.123 e. The topological polar surface area (TPSA) is 36.6 Å². The second-order valence-corrected chi connectivity index (χ2v) is 4.36. The number of aryl methyl sites for hydroxylation is 1. The number of hydrogen-bond donors (Lipinski definition) is 1. The van der Waals surface area contributed by atoms with Crippen LogP contribution in [0.15, 0.2) is 41.0 Å². The molecule has 1 heterocycles. The Morgan fingerprint density at radius 2 is 2.11 bits per heavy atom. The molecule has 3 heteroatoms. The summed E-state index contributed by atoms with van der Waals surface area (Å²) >= 11 is 0. The number of hydrogen-bond acceptors (Lipinski definition) is 3. The molecule has 18 heavy (non-hydrogen) atoms. The quantitative estimate of drug-likeness (QED) is 0.879. The van der Waals surface area contributed by atoms with Crippen molar-refractivity contribution in [2.45, 2.75) is 27.0 Å². The van der Waals surface area contributed by atoms with Crippen molar-refractivity contribution < 1.29 is 9.52 Å².